The Morgan fingerprint density at radius 1 is 0.975 bits per heavy atom. The van der Waals surface area contributed by atoms with E-state index < -0.39 is 10.0 Å². The predicted octanol–water partition coefficient (Wildman–Crippen LogP) is 4.52. The van der Waals surface area contributed by atoms with Crippen LogP contribution in [0.5, 0.6) is 0 Å². The van der Waals surface area contributed by atoms with Gasteiger partial charge in [-0.05, 0) is 61.2 Å². The molecule has 0 amide bonds. The Kier molecular flexibility index (Phi) is 7.41. The summed E-state index contributed by atoms with van der Waals surface area (Å²) in [5.41, 5.74) is 3.20. The second-order valence-corrected chi connectivity index (χ2v) is 12.5. The van der Waals surface area contributed by atoms with Crippen molar-refractivity contribution in [2.45, 2.75) is 38.6 Å². The van der Waals surface area contributed by atoms with Gasteiger partial charge in [0.1, 0.15) is 23.1 Å². The number of unbranched alkanes of at least 4 members (excludes halogenated alkanes) is 1. The zero-order chi connectivity index (χ0) is 27.7. The van der Waals surface area contributed by atoms with Crippen molar-refractivity contribution >= 4 is 27.3 Å². The van der Waals surface area contributed by atoms with Gasteiger partial charge in [0.15, 0.2) is 5.65 Å². The number of rotatable bonds is 8. The van der Waals surface area contributed by atoms with E-state index in [4.69, 9.17) is 10.1 Å². The smallest absolute Gasteiger partial charge is 0.214 e. The van der Waals surface area contributed by atoms with Gasteiger partial charge in [0.2, 0.25) is 10.0 Å². The first-order chi connectivity index (χ1) is 19.4. The number of benzene rings is 1. The van der Waals surface area contributed by atoms with Crippen LogP contribution in [0.2, 0.25) is 0 Å². The summed E-state index contributed by atoms with van der Waals surface area (Å²) in [6.45, 7) is 4.95. The quantitative estimate of drug-likeness (QED) is 0.312. The standard InChI is InChI=1S/C29H34FN7O2S/c1-2-3-19-40(38,39)35-17-15-34(16-18-35)28-11-5-9-24(32-28)26-21-31-27-12-13-29(33-37(26)27)36-14-6-10-25(36)22-7-4-8-23(30)20-22/h4-5,7-9,11-13,20-21,25H,2-3,6,10,14-19H2,1H3. The summed E-state index contributed by atoms with van der Waals surface area (Å²) in [7, 11) is -3.21. The molecule has 2 saturated heterocycles. The number of pyridine rings is 1. The van der Waals surface area contributed by atoms with E-state index in [-0.39, 0.29) is 17.6 Å². The van der Waals surface area contributed by atoms with Gasteiger partial charge in [-0.15, -0.1) is 5.10 Å². The molecule has 3 aromatic heterocycles. The third-order valence-electron chi connectivity index (χ3n) is 7.84. The van der Waals surface area contributed by atoms with Crippen molar-refractivity contribution in [3.63, 3.8) is 0 Å². The minimum Gasteiger partial charge on any atom is -0.354 e. The van der Waals surface area contributed by atoms with Crippen LogP contribution in [0.15, 0.2) is 60.8 Å². The molecule has 0 spiro atoms. The van der Waals surface area contributed by atoms with Gasteiger partial charge in [0.05, 0.1) is 23.7 Å². The van der Waals surface area contributed by atoms with Crippen molar-refractivity contribution in [2.24, 2.45) is 0 Å². The Labute approximate surface area is 234 Å². The molecule has 210 valence electrons. The number of halogens is 1. The number of fused-ring (bicyclic) bond motifs is 1. The van der Waals surface area contributed by atoms with Crippen molar-refractivity contribution in [1.29, 1.82) is 0 Å². The van der Waals surface area contributed by atoms with Crippen LogP contribution in [0.25, 0.3) is 17.0 Å². The fourth-order valence-electron chi connectivity index (χ4n) is 5.69. The molecule has 1 aromatic carbocycles. The first-order valence-corrected chi connectivity index (χ1v) is 15.6. The van der Waals surface area contributed by atoms with Gasteiger partial charge in [-0.3, -0.25) is 0 Å². The summed E-state index contributed by atoms with van der Waals surface area (Å²) in [6, 6.07) is 16.7. The molecule has 2 fully saturated rings. The van der Waals surface area contributed by atoms with E-state index in [1.165, 1.54) is 6.07 Å². The first-order valence-electron chi connectivity index (χ1n) is 14.0. The summed E-state index contributed by atoms with van der Waals surface area (Å²) in [5, 5.41) is 4.95. The highest BCUT2D eigenvalue weighted by molar-refractivity contribution is 7.89. The van der Waals surface area contributed by atoms with Crippen LogP contribution in [0, 0.1) is 5.82 Å². The van der Waals surface area contributed by atoms with Gasteiger partial charge >= 0.3 is 0 Å². The van der Waals surface area contributed by atoms with Gasteiger partial charge in [-0.25, -0.2) is 27.3 Å². The number of hydrogen-bond acceptors (Lipinski definition) is 7. The Hall–Kier alpha value is -3.57. The largest absolute Gasteiger partial charge is 0.354 e. The number of imidazole rings is 1. The maximum atomic E-state index is 14.0. The molecule has 1 atom stereocenters. The van der Waals surface area contributed by atoms with Crippen LogP contribution in [0.1, 0.15) is 44.2 Å². The minimum absolute atomic E-state index is 0.0681. The van der Waals surface area contributed by atoms with Gasteiger partial charge in [-0.1, -0.05) is 31.5 Å². The minimum atomic E-state index is -3.21. The van der Waals surface area contributed by atoms with Gasteiger partial charge in [-0.2, -0.15) is 4.31 Å². The number of sulfonamides is 1. The van der Waals surface area contributed by atoms with Gasteiger partial charge < -0.3 is 9.80 Å². The summed E-state index contributed by atoms with van der Waals surface area (Å²) >= 11 is 0. The highest BCUT2D eigenvalue weighted by atomic mass is 32.2. The van der Waals surface area contributed by atoms with E-state index in [0.29, 0.717) is 32.6 Å². The highest BCUT2D eigenvalue weighted by Gasteiger charge is 2.29. The average molecular weight is 564 g/mol. The molecule has 0 radical (unpaired) electrons. The van der Waals surface area contributed by atoms with E-state index in [1.807, 2.05) is 47.8 Å². The molecule has 2 aliphatic rings. The lowest BCUT2D eigenvalue weighted by atomic mass is 10.0. The van der Waals surface area contributed by atoms with E-state index in [1.54, 1.807) is 22.6 Å². The van der Waals surface area contributed by atoms with E-state index in [2.05, 4.69) is 14.8 Å². The second kappa shape index (κ2) is 11.1. The number of nitrogens with zero attached hydrogens (tertiary/aromatic N) is 7. The highest BCUT2D eigenvalue weighted by Crippen LogP contribution is 2.35. The Morgan fingerprint density at radius 3 is 2.60 bits per heavy atom. The lowest BCUT2D eigenvalue weighted by Gasteiger charge is -2.34. The van der Waals surface area contributed by atoms with Crippen LogP contribution in [0.3, 0.4) is 0 Å². The number of hydrogen-bond donors (Lipinski definition) is 0. The van der Waals surface area contributed by atoms with Crippen LogP contribution in [0.4, 0.5) is 16.0 Å². The maximum absolute atomic E-state index is 14.0. The molecule has 9 nitrogen and oxygen atoms in total. The zero-order valence-electron chi connectivity index (χ0n) is 22.7. The third-order valence-corrected chi connectivity index (χ3v) is 9.79. The number of aromatic nitrogens is 4. The first kappa shape index (κ1) is 26.6. The Morgan fingerprint density at radius 2 is 1.80 bits per heavy atom. The molecule has 0 N–H and O–H groups in total. The average Bonchev–Trinajstić information content (AvgIpc) is 3.64. The van der Waals surface area contributed by atoms with Crippen molar-refractivity contribution in [3.8, 4) is 11.4 Å². The van der Waals surface area contributed by atoms with Crippen LogP contribution in [-0.2, 0) is 10.0 Å². The monoisotopic (exact) mass is 563 g/mol. The fourth-order valence-corrected chi connectivity index (χ4v) is 7.32. The number of piperazine rings is 1. The molecular formula is C29H34FN7O2S. The lowest BCUT2D eigenvalue weighted by molar-refractivity contribution is 0.383. The summed E-state index contributed by atoms with van der Waals surface area (Å²) in [5.74, 6) is 1.60. The van der Waals surface area contributed by atoms with Crippen molar-refractivity contribution in [3.05, 3.63) is 72.2 Å². The molecule has 4 aromatic rings. The van der Waals surface area contributed by atoms with Crippen LogP contribution >= 0.6 is 0 Å². The van der Waals surface area contributed by atoms with Crippen molar-refractivity contribution in [2.75, 3.05) is 48.3 Å². The number of anilines is 2. The van der Waals surface area contributed by atoms with Crippen LogP contribution < -0.4 is 9.80 Å². The molecule has 0 aliphatic carbocycles. The second-order valence-electron chi connectivity index (χ2n) is 10.4. The van der Waals surface area contributed by atoms with E-state index >= 15 is 0 Å². The Bertz CT molecular complexity index is 1600. The topological polar surface area (TPSA) is 86.9 Å². The molecule has 40 heavy (non-hydrogen) atoms. The molecule has 5 heterocycles. The van der Waals surface area contributed by atoms with E-state index in [0.717, 1.165) is 60.0 Å². The molecule has 0 bridgehead atoms. The zero-order valence-corrected chi connectivity index (χ0v) is 23.5. The van der Waals surface area contributed by atoms with E-state index in [9.17, 15) is 12.8 Å². The molecule has 1 unspecified atom stereocenters. The van der Waals surface area contributed by atoms with Crippen molar-refractivity contribution in [1.82, 2.24) is 23.9 Å². The molecule has 11 heteroatoms. The normalized spacial score (nSPS) is 18.6. The Balaban J connectivity index is 1.23. The summed E-state index contributed by atoms with van der Waals surface area (Å²) in [6.07, 6.45) is 5.28. The molecular weight excluding hydrogens is 529 g/mol. The SMILES string of the molecule is CCCCS(=O)(=O)N1CCN(c2cccc(-c3cnc4ccc(N5CCCC5c5cccc(F)c5)nn34)n2)CC1. The lowest BCUT2D eigenvalue weighted by Crippen LogP contribution is -2.49. The van der Waals surface area contributed by atoms with Gasteiger partial charge in [0.25, 0.3) is 0 Å². The summed E-state index contributed by atoms with van der Waals surface area (Å²) < 4.78 is 42.6. The van der Waals surface area contributed by atoms with Crippen LogP contribution in [-0.4, -0.2) is 70.8 Å². The predicted molar refractivity (Wildman–Crippen MR) is 154 cm³/mol. The molecule has 6 rings (SSSR count). The fraction of sp³-hybridized carbons (Fsp3) is 0.414. The van der Waals surface area contributed by atoms with Crippen molar-refractivity contribution < 1.29 is 12.8 Å². The van der Waals surface area contributed by atoms with Gasteiger partial charge in [0, 0.05) is 32.7 Å². The molecule has 0 saturated carbocycles. The maximum Gasteiger partial charge on any atom is 0.214 e. The molecule has 2 aliphatic heterocycles. The summed E-state index contributed by atoms with van der Waals surface area (Å²) in [4.78, 5) is 13.8. The third kappa shape index (κ3) is 5.27.